The third-order valence-electron chi connectivity index (χ3n) is 2.11. The Morgan fingerprint density at radius 1 is 1.62 bits per heavy atom. The van der Waals surface area contributed by atoms with Gasteiger partial charge in [0.25, 0.3) is 0 Å². The van der Waals surface area contributed by atoms with Crippen molar-refractivity contribution in [2.24, 2.45) is 5.92 Å². The van der Waals surface area contributed by atoms with Crippen LogP contribution in [0.3, 0.4) is 0 Å². The number of thiophene rings is 1. The molecule has 0 aliphatic heterocycles. The normalized spacial score (nSPS) is 13.2. The first-order valence-corrected chi connectivity index (χ1v) is 6.33. The maximum Gasteiger partial charge on any atom is 0.0300 e. The number of nitrogens with one attached hydrogen (secondary N) is 1. The van der Waals surface area contributed by atoms with Crippen LogP contribution in [0.1, 0.15) is 25.1 Å². The Hall–Kier alpha value is 0.140. The van der Waals surface area contributed by atoms with Crippen LogP contribution in [0.4, 0.5) is 0 Å². The van der Waals surface area contributed by atoms with Gasteiger partial charge in [0.2, 0.25) is 0 Å². The minimum absolute atomic E-state index is 0.781. The van der Waals surface area contributed by atoms with E-state index in [2.05, 4.69) is 46.5 Å². The first-order chi connectivity index (χ1) is 6.22. The Balaban J connectivity index is 2.20. The number of hydrogen-bond acceptors (Lipinski definition) is 2. The smallest absolute Gasteiger partial charge is 0.0300 e. The second kappa shape index (κ2) is 5.78. The van der Waals surface area contributed by atoms with Crippen LogP contribution < -0.4 is 5.32 Å². The van der Waals surface area contributed by atoms with Gasteiger partial charge in [0.1, 0.15) is 0 Å². The Bertz CT molecular complexity index is 247. The van der Waals surface area contributed by atoms with E-state index in [0.29, 0.717) is 0 Å². The summed E-state index contributed by atoms with van der Waals surface area (Å²) in [5.41, 5.74) is 0. The van der Waals surface area contributed by atoms with Crippen LogP contribution in [0.2, 0.25) is 0 Å². The summed E-state index contributed by atoms with van der Waals surface area (Å²) in [6.07, 6.45) is 1.25. The highest BCUT2D eigenvalue weighted by atomic mass is 79.9. The lowest BCUT2D eigenvalue weighted by Crippen LogP contribution is -2.19. The number of hydrogen-bond donors (Lipinski definition) is 1. The van der Waals surface area contributed by atoms with Crippen molar-refractivity contribution in [1.29, 1.82) is 0 Å². The molecule has 1 N–H and O–H groups in total. The second-order valence-electron chi connectivity index (χ2n) is 3.38. The van der Waals surface area contributed by atoms with E-state index >= 15 is 0 Å². The monoisotopic (exact) mass is 261 g/mol. The topological polar surface area (TPSA) is 12.0 Å². The van der Waals surface area contributed by atoms with Crippen molar-refractivity contribution in [2.45, 2.75) is 26.8 Å². The molecule has 0 unspecified atom stereocenters. The lowest BCUT2D eigenvalue weighted by atomic mass is 10.1. The van der Waals surface area contributed by atoms with Crippen molar-refractivity contribution < 1.29 is 0 Å². The third-order valence-corrected chi connectivity index (χ3v) is 3.81. The average molecular weight is 262 g/mol. The molecule has 1 nitrogen and oxygen atoms in total. The summed E-state index contributed by atoms with van der Waals surface area (Å²) in [5.74, 6) is 0.781. The van der Waals surface area contributed by atoms with E-state index < -0.39 is 0 Å². The quantitative estimate of drug-likeness (QED) is 0.854. The van der Waals surface area contributed by atoms with Gasteiger partial charge >= 0.3 is 0 Å². The van der Waals surface area contributed by atoms with Gasteiger partial charge in [-0.2, -0.15) is 0 Å². The largest absolute Gasteiger partial charge is 0.312 e. The van der Waals surface area contributed by atoms with Crippen LogP contribution in [0, 0.1) is 5.92 Å². The zero-order valence-electron chi connectivity index (χ0n) is 8.14. The molecule has 0 aliphatic rings. The molecule has 0 saturated carbocycles. The number of rotatable bonds is 5. The summed E-state index contributed by atoms with van der Waals surface area (Å²) < 4.78 is 1.19. The van der Waals surface area contributed by atoms with Gasteiger partial charge < -0.3 is 5.32 Å². The summed E-state index contributed by atoms with van der Waals surface area (Å²) in [5, 5.41) is 5.58. The zero-order valence-corrected chi connectivity index (χ0v) is 10.5. The zero-order chi connectivity index (χ0) is 9.68. The van der Waals surface area contributed by atoms with Gasteiger partial charge in [-0.05, 0) is 34.5 Å². The molecule has 1 aromatic heterocycles. The van der Waals surface area contributed by atoms with E-state index in [0.717, 1.165) is 19.0 Å². The minimum atomic E-state index is 0.781. The summed E-state index contributed by atoms with van der Waals surface area (Å²) in [7, 11) is 0. The van der Waals surface area contributed by atoms with Crippen molar-refractivity contribution >= 4 is 27.3 Å². The minimum Gasteiger partial charge on any atom is -0.312 e. The van der Waals surface area contributed by atoms with E-state index in [-0.39, 0.29) is 0 Å². The summed E-state index contributed by atoms with van der Waals surface area (Å²) in [4.78, 5) is 1.40. The van der Waals surface area contributed by atoms with Gasteiger partial charge in [0.15, 0.2) is 0 Å². The highest BCUT2D eigenvalue weighted by Crippen LogP contribution is 2.19. The molecule has 1 aromatic rings. The van der Waals surface area contributed by atoms with Crippen molar-refractivity contribution in [3.05, 3.63) is 20.8 Å². The van der Waals surface area contributed by atoms with Crippen LogP contribution in [-0.4, -0.2) is 6.54 Å². The van der Waals surface area contributed by atoms with Gasteiger partial charge in [0, 0.05) is 21.3 Å². The first kappa shape index (κ1) is 11.2. The molecule has 0 fully saturated rings. The fourth-order valence-electron chi connectivity index (χ4n) is 1.03. The predicted molar refractivity (Wildman–Crippen MR) is 63.2 cm³/mol. The molecular formula is C10H16BrNS. The van der Waals surface area contributed by atoms with Crippen molar-refractivity contribution in [2.75, 3.05) is 6.54 Å². The fraction of sp³-hybridized carbons (Fsp3) is 0.600. The van der Waals surface area contributed by atoms with Crippen molar-refractivity contribution in [1.82, 2.24) is 5.32 Å². The Morgan fingerprint density at radius 2 is 2.38 bits per heavy atom. The molecule has 0 aromatic carbocycles. The van der Waals surface area contributed by atoms with E-state index in [4.69, 9.17) is 0 Å². The van der Waals surface area contributed by atoms with E-state index in [9.17, 15) is 0 Å². The molecule has 0 bridgehead atoms. The molecule has 0 radical (unpaired) electrons. The second-order valence-corrected chi connectivity index (χ2v) is 5.29. The highest BCUT2D eigenvalue weighted by molar-refractivity contribution is 9.10. The lowest BCUT2D eigenvalue weighted by Gasteiger charge is -2.08. The molecule has 1 rings (SSSR count). The predicted octanol–water partition coefficient (Wildman–Crippen LogP) is 3.65. The highest BCUT2D eigenvalue weighted by Gasteiger charge is 1.99. The van der Waals surface area contributed by atoms with Crippen LogP contribution in [0.25, 0.3) is 0 Å². The van der Waals surface area contributed by atoms with Gasteiger partial charge in [-0.1, -0.05) is 20.3 Å². The van der Waals surface area contributed by atoms with E-state index in [1.54, 1.807) is 11.3 Å². The molecule has 0 amide bonds. The first-order valence-electron chi connectivity index (χ1n) is 4.66. The molecule has 0 aliphatic carbocycles. The molecule has 13 heavy (non-hydrogen) atoms. The van der Waals surface area contributed by atoms with Crippen LogP contribution in [0.15, 0.2) is 15.9 Å². The number of halogens is 1. The standard InChI is InChI=1S/C10H16BrNS/c1-3-8(2)5-12-6-10-4-9(11)7-13-10/h4,7-8,12H,3,5-6H2,1-2H3/t8-/m1/s1. The molecule has 3 heteroatoms. The van der Waals surface area contributed by atoms with Crippen molar-refractivity contribution in [3.63, 3.8) is 0 Å². The van der Waals surface area contributed by atoms with Gasteiger partial charge in [-0.25, -0.2) is 0 Å². The molecular weight excluding hydrogens is 246 g/mol. The van der Waals surface area contributed by atoms with Crippen molar-refractivity contribution in [3.8, 4) is 0 Å². The molecule has 0 spiro atoms. The molecule has 1 heterocycles. The van der Waals surface area contributed by atoms with Crippen LogP contribution >= 0.6 is 27.3 Å². The Labute approximate surface area is 92.7 Å². The SMILES string of the molecule is CC[C@@H](C)CNCc1cc(Br)cs1. The Morgan fingerprint density at radius 3 is 2.92 bits per heavy atom. The van der Waals surface area contributed by atoms with Crippen LogP contribution in [-0.2, 0) is 6.54 Å². The van der Waals surface area contributed by atoms with Crippen LogP contribution in [0.5, 0.6) is 0 Å². The van der Waals surface area contributed by atoms with Gasteiger partial charge in [0.05, 0.1) is 0 Å². The van der Waals surface area contributed by atoms with E-state index in [1.807, 2.05) is 0 Å². The van der Waals surface area contributed by atoms with Gasteiger partial charge in [-0.3, -0.25) is 0 Å². The summed E-state index contributed by atoms with van der Waals surface area (Å²) >= 11 is 5.25. The lowest BCUT2D eigenvalue weighted by molar-refractivity contribution is 0.501. The maximum atomic E-state index is 3.46. The summed E-state index contributed by atoms with van der Waals surface area (Å²) in [6.45, 7) is 6.62. The molecule has 0 saturated heterocycles. The summed E-state index contributed by atoms with van der Waals surface area (Å²) in [6, 6.07) is 2.17. The van der Waals surface area contributed by atoms with E-state index in [1.165, 1.54) is 15.8 Å². The molecule has 74 valence electrons. The van der Waals surface area contributed by atoms with Gasteiger partial charge in [-0.15, -0.1) is 11.3 Å². The Kier molecular flexibility index (Phi) is 4.99. The fourth-order valence-corrected chi connectivity index (χ4v) is 2.45. The third kappa shape index (κ3) is 4.25. The molecule has 1 atom stereocenters. The average Bonchev–Trinajstić information content (AvgIpc) is 2.51. The maximum absolute atomic E-state index is 3.46.